The number of benzene rings is 3. The highest BCUT2D eigenvalue weighted by Gasteiger charge is 2.18. The largest absolute Gasteiger partial charge is 0.494 e. The molecule has 0 radical (unpaired) electrons. The number of carbonyl (C=O) groups excluding carboxylic acids is 2. The zero-order valence-electron chi connectivity index (χ0n) is 21.7. The van der Waals surface area contributed by atoms with E-state index in [1.54, 1.807) is 12.1 Å². The molecule has 0 aliphatic heterocycles. The van der Waals surface area contributed by atoms with E-state index in [2.05, 4.69) is 6.58 Å². The van der Waals surface area contributed by atoms with Gasteiger partial charge in [0.05, 0.1) is 13.2 Å². The van der Waals surface area contributed by atoms with Crippen LogP contribution in [-0.4, -0.2) is 30.5 Å². The van der Waals surface area contributed by atoms with E-state index in [0.29, 0.717) is 25.4 Å². The van der Waals surface area contributed by atoms with Gasteiger partial charge < -0.3 is 14.2 Å². The highest BCUT2D eigenvalue weighted by molar-refractivity contribution is 6.30. The molecule has 200 valence electrons. The van der Waals surface area contributed by atoms with E-state index >= 15 is 0 Å². The molecule has 0 bridgehead atoms. The molecule has 0 saturated heterocycles. The second kappa shape index (κ2) is 16.3. The highest BCUT2D eigenvalue weighted by atomic mass is 35.5. The quantitative estimate of drug-likeness (QED) is 0.0623. The lowest BCUT2D eigenvalue weighted by Crippen LogP contribution is -2.22. The summed E-state index contributed by atoms with van der Waals surface area (Å²) in [6, 6.07) is 25.0. The molecule has 0 amide bonds. The van der Waals surface area contributed by atoms with E-state index in [1.165, 1.54) is 6.08 Å². The molecule has 0 saturated carbocycles. The van der Waals surface area contributed by atoms with Gasteiger partial charge in [-0.25, -0.2) is 4.79 Å². The summed E-state index contributed by atoms with van der Waals surface area (Å²) in [5, 5.41) is -0.745. The van der Waals surface area contributed by atoms with Crippen molar-refractivity contribution in [2.75, 3.05) is 13.2 Å². The van der Waals surface area contributed by atoms with E-state index in [9.17, 15) is 9.59 Å². The summed E-state index contributed by atoms with van der Waals surface area (Å²) in [6.45, 7) is 4.52. The van der Waals surface area contributed by atoms with Crippen molar-refractivity contribution in [2.45, 2.75) is 50.3 Å². The third-order valence-corrected chi connectivity index (χ3v) is 6.32. The van der Waals surface area contributed by atoms with Crippen LogP contribution in [0.5, 0.6) is 11.5 Å². The molecule has 0 spiro atoms. The molecular formula is C32H35ClO5. The minimum absolute atomic E-state index is 0.355. The number of hydrogen-bond acceptors (Lipinski definition) is 5. The van der Waals surface area contributed by atoms with E-state index in [1.807, 2.05) is 66.7 Å². The zero-order chi connectivity index (χ0) is 27.0. The maximum atomic E-state index is 12.4. The third kappa shape index (κ3) is 10.4. The Morgan fingerprint density at radius 2 is 1.29 bits per heavy atom. The lowest BCUT2D eigenvalue weighted by atomic mass is 10.1. The second-order valence-corrected chi connectivity index (χ2v) is 9.50. The zero-order valence-corrected chi connectivity index (χ0v) is 22.4. The normalized spacial score (nSPS) is 11.4. The van der Waals surface area contributed by atoms with Crippen LogP contribution in [0.15, 0.2) is 91.5 Å². The first-order valence-electron chi connectivity index (χ1n) is 13.1. The predicted molar refractivity (Wildman–Crippen MR) is 152 cm³/mol. The number of ether oxygens (including phenoxy) is 3. The summed E-state index contributed by atoms with van der Waals surface area (Å²) < 4.78 is 16.3. The summed E-state index contributed by atoms with van der Waals surface area (Å²) in [5.41, 5.74) is 3.06. The Labute approximate surface area is 230 Å². The Hall–Kier alpha value is -3.57. The van der Waals surface area contributed by atoms with Crippen molar-refractivity contribution in [2.24, 2.45) is 0 Å². The Morgan fingerprint density at radius 1 is 0.737 bits per heavy atom. The monoisotopic (exact) mass is 534 g/mol. The average Bonchev–Trinajstić information content (AvgIpc) is 2.95. The van der Waals surface area contributed by atoms with Crippen LogP contribution in [0.1, 0.15) is 44.1 Å². The fraction of sp³-hybridized carbons (Fsp3) is 0.312. The van der Waals surface area contributed by atoms with Crippen LogP contribution in [0.25, 0.3) is 11.1 Å². The van der Waals surface area contributed by atoms with Gasteiger partial charge in [0.1, 0.15) is 16.9 Å². The van der Waals surface area contributed by atoms with Gasteiger partial charge in [-0.3, -0.25) is 4.79 Å². The number of carbonyl (C=O) groups is 2. The van der Waals surface area contributed by atoms with Crippen LogP contribution in [0.2, 0.25) is 0 Å². The number of esters is 2. The standard InChI is InChI=1S/C32H35ClO5/c1-2-31(34)37-23-11-6-4-3-5-10-22-36-28-18-14-26(15-19-28)27-16-20-29(21-17-27)38-32(35)30(33)24-25-12-8-7-9-13-25/h2,7-9,12-21,30H,1,3-6,10-11,22-24H2. The molecule has 38 heavy (non-hydrogen) atoms. The Morgan fingerprint density at radius 3 is 1.89 bits per heavy atom. The molecule has 0 aliphatic rings. The first-order valence-corrected chi connectivity index (χ1v) is 13.5. The van der Waals surface area contributed by atoms with E-state index < -0.39 is 11.3 Å². The second-order valence-electron chi connectivity index (χ2n) is 8.97. The molecule has 0 heterocycles. The van der Waals surface area contributed by atoms with Gasteiger partial charge in [0.25, 0.3) is 0 Å². The maximum Gasteiger partial charge on any atom is 0.330 e. The summed E-state index contributed by atoms with van der Waals surface area (Å²) in [6.07, 6.45) is 7.93. The van der Waals surface area contributed by atoms with Gasteiger partial charge in [-0.1, -0.05) is 86.9 Å². The van der Waals surface area contributed by atoms with Crippen molar-refractivity contribution in [3.05, 3.63) is 97.1 Å². The van der Waals surface area contributed by atoms with Crippen LogP contribution >= 0.6 is 11.6 Å². The summed E-state index contributed by atoms with van der Waals surface area (Å²) >= 11 is 6.25. The van der Waals surface area contributed by atoms with Gasteiger partial charge in [0.2, 0.25) is 0 Å². The van der Waals surface area contributed by atoms with Gasteiger partial charge in [-0.2, -0.15) is 0 Å². The molecule has 3 aromatic carbocycles. The predicted octanol–water partition coefficient (Wildman–Crippen LogP) is 7.56. The molecule has 1 atom stereocenters. The van der Waals surface area contributed by atoms with E-state index in [-0.39, 0.29) is 5.97 Å². The van der Waals surface area contributed by atoms with Crippen LogP contribution in [0.3, 0.4) is 0 Å². The van der Waals surface area contributed by atoms with Crippen LogP contribution < -0.4 is 9.47 Å². The van der Waals surface area contributed by atoms with Gasteiger partial charge in [-0.05, 0) is 60.2 Å². The molecule has 3 rings (SSSR count). The summed E-state index contributed by atoms with van der Waals surface area (Å²) in [7, 11) is 0. The molecule has 0 aromatic heterocycles. The fourth-order valence-corrected chi connectivity index (χ4v) is 4.10. The number of rotatable bonds is 16. The molecule has 5 nitrogen and oxygen atoms in total. The summed E-state index contributed by atoms with van der Waals surface area (Å²) in [5.74, 6) is 0.492. The Bertz CT molecular complexity index is 1130. The SMILES string of the molecule is C=CC(=O)OCCCCCCCCOc1ccc(-c2ccc(OC(=O)C(Cl)Cc3ccccc3)cc2)cc1. The molecule has 3 aromatic rings. The summed E-state index contributed by atoms with van der Waals surface area (Å²) in [4.78, 5) is 23.3. The van der Waals surface area contributed by atoms with Crippen molar-refractivity contribution in [1.29, 1.82) is 0 Å². The molecule has 0 fully saturated rings. The minimum atomic E-state index is -0.745. The molecule has 1 unspecified atom stereocenters. The molecule has 0 aliphatic carbocycles. The first kappa shape index (κ1) is 29.0. The average molecular weight is 535 g/mol. The lowest BCUT2D eigenvalue weighted by molar-refractivity contribution is -0.138. The minimum Gasteiger partial charge on any atom is -0.494 e. The van der Waals surface area contributed by atoms with Crippen molar-refractivity contribution >= 4 is 23.5 Å². The van der Waals surface area contributed by atoms with Gasteiger partial charge in [0, 0.05) is 6.08 Å². The topological polar surface area (TPSA) is 61.8 Å². The highest BCUT2D eigenvalue weighted by Crippen LogP contribution is 2.25. The van der Waals surface area contributed by atoms with Gasteiger partial charge in [-0.15, -0.1) is 11.6 Å². The Kier molecular flexibility index (Phi) is 12.4. The van der Waals surface area contributed by atoms with Crippen LogP contribution in [-0.2, 0) is 20.7 Å². The molecular weight excluding hydrogens is 500 g/mol. The van der Waals surface area contributed by atoms with E-state index in [4.69, 9.17) is 25.8 Å². The van der Waals surface area contributed by atoms with Gasteiger partial charge >= 0.3 is 11.9 Å². The number of halogens is 1. The first-order chi connectivity index (χ1) is 18.5. The van der Waals surface area contributed by atoms with Crippen molar-refractivity contribution in [1.82, 2.24) is 0 Å². The van der Waals surface area contributed by atoms with Gasteiger partial charge in [0.15, 0.2) is 0 Å². The van der Waals surface area contributed by atoms with Crippen molar-refractivity contribution < 1.29 is 23.8 Å². The molecule has 0 N–H and O–H groups in total. The molecule has 6 heteroatoms. The fourth-order valence-electron chi connectivity index (χ4n) is 3.88. The van der Waals surface area contributed by atoms with Crippen molar-refractivity contribution in [3.8, 4) is 22.6 Å². The number of hydrogen-bond donors (Lipinski definition) is 0. The lowest BCUT2D eigenvalue weighted by Gasteiger charge is -2.11. The van der Waals surface area contributed by atoms with Crippen molar-refractivity contribution in [3.63, 3.8) is 0 Å². The third-order valence-electron chi connectivity index (χ3n) is 5.99. The van der Waals surface area contributed by atoms with E-state index in [0.717, 1.165) is 61.0 Å². The smallest absolute Gasteiger partial charge is 0.330 e. The van der Waals surface area contributed by atoms with Crippen LogP contribution in [0, 0.1) is 0 Å². The maximum absolute atomic E-state index is 12.4. The number of unbranched alkanes of at least 4 members (excludes halogenated alkanes) is 5. The van der Waals surface area contributed by atoms with Crippen LogP contribution in [0.4, 0.5) is 0 Å². The number of alkyl halides is 1. The Balaban J connectivity index is 1.33.